The number of imidazole rings is 1. The standard InChI is InChI=1S/C20H14ClN5S2/c21-14-8-9-18-22-15(12-25(18)11-14)13-28-20-24-23-19(17-7-4-10-27-17)26(20)16-5-2-1-3-6-16/h1-12H,13H2. The molecular weight excluding hydrogens is 410 g/mol. The zero-order chi connectivity index (χ0) is 18.9. The molecule has 0 bridgehead atoms. The molecular formula is C20H14ClN5S2. The highest BCUT2D eigenvalue weighted by atomic mass is 35.5. The van der Waals surface area contributed by atoms with Crippen molar-refractivity contribution in [2.24, 2.45) is 0 Å². The second-order valence-corrected chi connectivity index (χ2v) is 8.41. The summed E-state index contributed by atoms with van der Waals surface area (Å²) >= 11 is 9.34. The summed E-state index contributed by atoms with van der Waals surface area (Å²) in [6.45, 7) is 0. The number of aromatic nitrogens is 5. The van der Waals surface area contributed by atoms with E-state index in [1.165, 1.54) is 0 Å². The molecule has 4 heterocycles. The van der Waals surface area contributed by atoms with Gasteiger partial charge in [0, 0.05) is 23.8 Å². The molecule has 0 aliphatic carbocycles. The first-order valence-electron chi connectivity index (χ1n) is 8.58. The quantitative estimate of drug-likeness (QED) is 0.346. The molecule has 0 radical (unpaired) electrons. The number of halogens is 1. The molecule has 5 nitrogen and oxygen atoms in total. The normalized spacial score (nSPS) is 11.3. The highest BCUT2D eigenvalue weighted by molar-refractivity contribution is 7.98. The minimum absolute atomic E-state index is 0.688. The van der Waals surface area contributed by atoms with Crippen LogP contribution in [-0.4, -0.2) is 24.1 Å². The van der Waals surface area contributed by atoms with Crippen molar-refractivity contribution in [1.82, 2.24) is 24.1 Å². The van der Waals surface area contributed by atoms with Crippen LogP contribution in [0.3, 0.4) is 0 Å². The van der Waals surface area contributed by atoms with Crippen molar-refractivity contribution < 1.29 is 0 Å². The van der Waals surface area contributed by atoms with Crippen molar-refractivity contribution >= 4 is 40.3 Å². The fourth-order valence-corrected chi connectivity index (χ4v) is 4.67. The van der Waals surface area contributed by atoms with Crippen molar-refractivity contribution in [1.29, 1.82) is 0 Å². The van der Waals surface area contributed by atoms with Gasteiger partial charge in [-0.1, -0.05) is 47.6 Å². The molecule has 8 heteroatoms. The largest absolute Gasteiger partial charge is 0.305 e. The average Bonchev–Trinajstić information content (AvgIpc) is 3.45. The molecule has 0 unspecified atom stereocenters. The van der Waals surface area contributed by atoms with Crippen LogP contribution >= 0.6 is 34.7 Å². The van der Waals surface area contributed by atoms with Gasteiger partial charge in [0.05, 0.1) is 15.6 Å². The number of hydrogen-bond acceptors (Lipinski definition) is 5. The Morgan fingerprint density at radius 3 is 2.68 bits per heavy atom. The molecule has 5 aromatic rings. The van der Waals surface area contributed by atoms with Crippen LogP contribution in [0.1, 0.15) is 5.69 Å². The third kappa shape index (κ3) is 3.32. The van der Waals surface area contributed by atoms with E-state index in [2.05, 4.69) is 37.9 Å². The predicted molar refractivity (Wildman–Crippen MR) is 114 cm³/mol. The maximum atomic E-state index is 6.07. The van der Waals surface area contributed by atoms with Gasteiger partial charge in [-0.3, -0.25) is 4.57 Å². The van der Waals surface area contributed by atoms with Crippen molar-refractivity contribution in [2.45, 2.75) is 10.9 Å². The molecule has 28 heavy (non-hydrogen) atoms. The summed E-state index contributed by atoms with van der Waals surface area (Å²) in [5.74, 6) is 1.54. The van der Waals surface area contributed by atoms with E-state index in [1.807, 2.05) is 58.6 Å². The summed E-state index contributed by atoms with van der Waals surface area (Å²) in [6.07, 6.45) is 3.86. The first kappa shape index (κ1) is 17.5. The average molecular weight is 424 g/mol. The van der Waals surface area contributed by atoms with Gasteiger partial charge in [0.25, 0.3) is 0 Å². The maximum Gasteiger partial charge on any atom is 0.196 e. The summed E-state index contributed by atoms with van der Waals surface area (Å²) in [4.78, 5) is 5.74. The predicted octanol–water partition coefficient (Wildman–Crippen LogP) is 5.59. The Morgan fingerprint density at radius 1 is 0.964 bits per heavy atom. The fraction of sp³-hybridized carbons (Fsp3) is 0.0500. The molecule has 1 aromatic carbocycles. The van der Waals surface area contributed by atoms with Crippen LogP contribution in [-0.2, 0) is 5.75 Å². The molecule has 0 aliphatic heterocycles. The van der Waals surface area contributed by atoms with Gasteiger partial charge in [0.15, 0.2) is 11.0 Å². The third-order valence-corrected chi connectivity index (χ3v) is 6.26. The Labute approximate surface area is 174 Å². The van der Waals surface area contributed by atoms with Crippen molar-refractivity contribution in [3.63, 3.8) is 0 Å². The molecule has 0 saturated heterocycles. The topological polar surface area (TPSA) is 48.0 Å². The van der Waals surface area contributed by atoms with Crippen LogP contribution in [0.5, 0.6) is 0 Å². The maximum absolute atomic E-state index is 6.07. The molecule has 138 valence electrons. The lowest BCUT2D eigenvalue weighted by Gasteiger charge is -2.08. The molecule has 4 aromatic heterocycles. The molecule has 0 N–H and O–H groups in total. The summed E-state index contributed by atoms with van der Waals surface area (Å²) in [7, 11) is 0. The lowest BCUT2D eigenvalue weighted by molar-refractivity contribution is 0.886. The van der Waals surface area contributed by atoms with E-state index in [1.54, 1.807) is 23.1 Å². The SMILES string of the molecule is Clc1ccc2nc(CSc3nnc(-c4cccs4)n3-c3ccccc3)cn2c1. The Kier molecular flexibility index (Phi) is 4.64. The number of thiophene rings is 1. The van der Waals surface area contributed by atoms with Gasteiger partial charge in [-0.05, 0) is 35.7 Å². The van der Waals surface area contributed by atoms with Crippen molar-refractivity contribution in [2.75, 3.05) is 0 Å². The lowest BCUT2D eigenvalue weighted by Crippen LogP contribution is -1.98. The smallest absolute Gasteiger partial charge is 0.196 e. The summed E-state index contributed by atoms with van der Waals surface area (Å²) in [5.41, 5.74) is 2.89. The number of hydrogen-bond donors (Lipinski definition) is 0. The number of benzene rings is 1. The van der Waals surface area contributed by atoms with E-state index >= 15 is 0 Å². The number of fused-ring (bicyclic) bond motifs is 1. The summed E-state index contributed by atoms with van der Waals surface area (Å²) < 4.78 is 4.04. The minimum atomic E-state index is 0.688. The first-order chi connectivity index (χ1) is 13.8. The minimum Gasteiger partial charge on any atom is -0.305 e. The van der Waals surface area contributed by atoms with Gasteiger partial charge in [-0.2, -0.15) is 0 Å². The Balaban J connectivity index is 1.49. The molecule has 0 spiro atoms. The Bertz CT molecular complexity index is 1230. The molecule has 0 fully saturated rings. The molecule has 0 atom stereocenters. The van der Waals surface area contributed by atoms with E-state index in [-0.39, 0.29) is 0 Å². The Hall–Kier alpha value is -2.61. The van der Waals surface area contributed by atoms with Crippen molar-refractivity contribution in [3.8, 4) is 16.4 Å². The lowest BCUT2D eigenvalue weighted by atomic mass is 10.3. The second kappa shape index (κ2) is 7.43. The van der Waals surface area contributed by atoms with E-state index in [0.29, 0.717) is 10.8 Å². The molecule has 0 saturated carbocycles. The van der Waals surface area contributed by atoms with Crippen LogP contribution in [0.25, 0.3) is 22.0 Å². The highest BCUT2D eigenvalue weighted by Gasteiger charge is 2.17. The Morgan fingerprint density at radius 2 is 1.86 bits per heavy atom. The summed E-state index contributed by atoms with van der Waals surface area (Å²) in [5, 5.41) is 12.5. The molecule has 0 aliphatic rings. The van der Waals surface area contributed by atoms with Crippen LogP contribution < -0.4 is 0 Å². The van der Waals surface area contributed by atoms with Gasteiger partial charge in [-0.15, -0.1) is 21.5 Å². The second-order valence-electron chi connectivity index (χ2n) is 6.09. The number of rotatable bonds is 5. The molecule has 0 amide bonds. The van der Waals surface area contributed by atoms with Crippen LogP contribution in [0.15, 0.2) is 77.5 Å². The summed E-state index contributed by atoms with van der Waals surface area (Å²) in [6, 6.07) is 18.0. The molecule has 5 rings (SSSR count). The monoisotopic (exact) mass is 423 g/mol. The van der Waals surface area contributed by atoms with Crippen LogP contribution in [0.4, 0.5) is 0 Å². The third-order valence-electron chi connectivity index (χ3n) is 4.20. The number of para-hydroxylation sites is 1. The zero-order valence-corrected chi connectivity index (χ0v) is 17.0. The first-order valence-corrected chi connectivity index (χ1v) is 10.8. The van der Waals surface area contributed by atoms with Crippen LogP contribution in [0, 0.1) is 0 Å². The van der Waals surface area contributed by atoms with Gasteiger partial charge in [-0.25, -0.2) is 4.98 Å². The van der Waals surface area contributed by atoms with Gasteiger partial charge < -0.3 is 4.40 Å². The van der Waals surface area contributed by atoms with Gasteiger partial charge >= 0.3 is 0 Å². The zero-order valence-electron chi connectivity index (χ0n) is 14.6. The fourth-order valence-electron chi connectivity index (χ4n) is 2.96. The van der Waals surface area contributed by atoms with E-state index < -0.39 is 0 Å². The van der Waals surface area contributed by atoms with Gasteiger partial charge in [0.2, 0.25) is 0 Å². The van der Waals surface area contributed by atoms with E-state index in [4.69, 9.17) is 11.6 Å². The van der Waals surface area contributed by atoms with Crippen molar-refractivity contribution in [3.05, 3.63) is 83.1 Å². The van der Waals surface area contributed by atoms with Crippen LogP contribution in [0.2, 0.25) is 5.02 Å². The number of pyridine rings is 1. The van der Waals surface area contributed by atoms with E-state index in [9.17, 15) is 0 Å². The van der Waals surface area contributed by atoms with E-state index in [0.717, 1.165) is 32.9 Å². The van der Waals surface area contributed by atoms with Gasteiger partial charge in [0.1, 0.15) is 5.65 Å². The highest BCUT2D eigenvalue weighted by Crippen LogP contribution is 2.31. The number of thioether (sulfide) groups is 1. The number of nitrogens with zero attached hydrogens (tertiary/aromatic N) is 5.